The average Bonchev–Trinajstić information content (AvgIpc) is 3.15. The number of ether oxygens (including phenoxy) is 1. The Morgan fingerprint density at radius 2 is 1.37 bits per heavy atom. The van der Waals surface area contributed by atoms with Gasteiger partial charge in [0.1, 0.15) is 36.5 Å². The number of hydrogen-bond donors (Lipinski definition) is 13. The molecule has 0 radical (unpaired) electrons. The zero-order chi connectivity index (χ0) is 28.0. The summed E-state index contributed by atoms with van der Waals surface area (Å²) in [6, 6.07) is 0. The van der Waals surface area contributed by atoms with E-state index < -0.39 is 53.6 Å². The maximum atomic E-state index is 10.1. The van der Waals surface area contributed by atoms with Gasteiger partial charge in [-0.25, -0.2) is 28.6 Å². The van der Waals surface area contributed by atoms with Gasteiger partial charge in [-0.3, -0.25) is 4.57 Å². The highest BCUT2D eigenvalue weighted by atomic mass is 35.5. The molecule has 0 saturated carbocycles. The van der Waals surface area contributed by atoms with Crippen molar-refractivity contribution < 1.29 is 77.8 Å². The normalized spacial score (nSPS) is 24.4. The number of aromatic nitrogens is 4. The van der Waals surface area contributed by atoms with Crippen LogP contribution in [0.3, 0.4) is 0 Å². The average molecular weight is 596 g/mol. The van der Waals surface area contributed by atoms with Crippen LogP contribution in [0.1, 0.15) is 0 Å². The number of anilines is 1. The van der Waals surface area contributed by atoms with Crippen LogP contribution in [-0.2, 0) is 23.6 Å². The highest BCUT2D eigenvalue weighted by Gasteiger charge is 2.55. The van der Waals surface area contributed by atoms with E-state index >= 15 is 0 Å². The summed E-state index contributed by atoms with van der Waals surface area (Å²) in [5, 5.41) is 27.2. The van der Waals surface area contributed by atoms with Gasteiger partial charge in [-0.15, -0.1) is 0 Å². The van der Waals surface area contributed by atoms with Crippen molar-refractivity contribution in [2.75, 3.05) is 12.3 Å². The quantitative estimate of drug-likeness (QED) is 0.115. The number of nitrogens with two attached hydrogens (primary N) is 1. The Bertz CT molecular complexity index is 1030. The topological polar surface area (TPSA) is 373 Å². The van der Waals surface area contributed by atoms with Crippen LogP contribution in [0.25, 0.3) is 11.2 Å². The van der Waals surface area contributed by atoms with Crippen LogP contribution >= 0.6 is 35.1 Å². The predicted octanol–water partition coefficient (Wildman–Crippen LogP) is -4.42. The van der Waals surface area contributed by atoms with Crippen molar-refractivity contribution >= 4 is 52.1 Å². The molecule has 25 heteroatoms. The van der Waals surface area contributed by atoms with Gasteiger partial charge in [0.05, 0.1) is 6.61 Å². The van der Waals surface area contributed by atoms with Crippen molar-refractivity contribution in [2.24, 2.45) is 0 Å². The van der Waals surface area contributed by atoms with E-state index in [-0.39, 0.29) is 11.5 Å². The van der Waals surface area contributed by atoms with E-state index in [4.69, 9.17) is 84.9 Å². The van der Waals surface area contributed by atoms with Crippen molar-refractivity contribution in [3.05, 3.63) is 12.7 Å². The highest BCUT2D eigenvalue weighted by Crippen LogP contribution is 2.40. The van der Waals surface area contributed by atoms with Crippen molar-refractivity contribution in [1.29, 1.82) is 0 Å². The van der Waals surface area contributed by atoms with E-state index in [0.717, 1.165) is 0 Å². The summed E-state index contributed by atoms with van der Waals surface area (Å²) < 4.78 is 33.2. The van der Waals surface area contributed by atoms with Gasteiger partial charge in [0, 0.05) is 0 Å². The smallest absolute Gasteiger partial charge is 0.394 e. The fourth-order valence-electron chi connectivity index (χ4n) is 2.19. The lowest BCUT2D eigenvalue weighted by molar-refractivity contribution is -0.0838. The molecule has 1 saturated heterocycles. The second-order valence-corrected chi connectivity index (χ2v) is 9.59. The number of halogens is 1. The fraction of sp³-hybridized carbons (Fsp3) is 0.500. The van der Waals surface area contributed by atoms with Crippen LogP contribution in [0.2, 0.25) is 0 Å². The van der Waals surface area contributed by atoms with Crippen LogP contribution in [0.4, 0.5) is 5.82 Å². The Morgan fingerprint density at radius 1 is 0.943 bits per heavy atom. The minimum Gasteiger partial charge on any atom is -0.394 e. The number of fused-ring (bicyclic) bond motifs is 1. The zero-order valence-electron chi connectivity index (χ0n) is 16.7. The van der Waals surface area contributed by atoms with Crippen LogP contribution in [0.5, 0.6) is 0 Å². The first-order valence-corrected chi connectivity index (χ1v) is 13.2. The highest BCUT2D eigenvalue weighted by molar-refractivity contribution is 7.45. The van der Waals surface area contributed by atoms with Gasteiger partial charge in [0.25, 0.3) is 5.18 Å². The second-order valence-electron chi connectivity index (χ2n) is 5.97. The molecule has 4 atom stereocenters. The Hall–Kier alpha value is -1.19. The van der Waals surface area contributed by atoms with Gasteiger partial charge in [0.2, 0.25) is 0 Å². The third-order valence-corrected chi connectivity index (χ3v) is 3.75. The van der Waals surface area contributed by atoms with Gasteiger partial charge in [-0.2, -0.15) is 0 Å². The molecule has 21 nitrogen and oxygen atoms in total. The Morgan fingerprint density at radius 3 is 1.74 bits per heavy atom. The zero-order valence-corrected chi connectivity index (χ0v) is 20.1. The van der Waals surface area contributed by atoms with Crippen LogP contribution in [0, 0.1) is 0 Å². The van der Waals surface area contributed by atoms with E-state index in [0.29, 0.717) is 5.52 Å². The molecule has 1 aliphatic heterocycles. The van der Waals surface area contributed by atoms with Crippen molar-refractivity contribution in [2.45, 2.75) is 23.5 Å². The third-order valence-electron chi connectivity index (χ3n) is 3.26. The van der Waals surface area contributed by atoms with E-state index in [9.17, 15) is 10.2 Å². The summed E-state index contributed by atoms with van der Waals surface area (Å²) in [6.45, 7) is -0.490. The minimum atomic E-state index is -4.64. The fourth-order valence-corrected chi connectivity index (χ4v) is 2.55. The Balaban J connectivity index is 0.000000635. The van der Waals surface area contributed by atoms with Crippen molar-refractivity contribution in [3.63, 3.8) is 0 Å². The molecule has 14 N–H and O–H groups in total. The molecule has 0 aromatic carbocycles. The molecule has 0 spiro atoms. The van der Waals surface area contributed by atoms with E-state index in [1.165, 1.54) is 17.2 Å². The van der Waals surface area contributed by atoms with Crippen molar-refractivity contribution in [3.8, 4) is 0 Å². The van der Waals surface area contributed by atoms with E-state index in [1.807, 2.05) is 0 Å². The summed E-state index contributed by atoms with van der Waals surface area (Å²) in [7, 11) is -13.9. The lowest BCUT2D eigenvalue weighted by atomic mass is 10.1. The summed E-state index contributed by atoms with van der Waals surface area (Å²) >= 11 is 6.27. The maximum Gasteiger partial charge on any atom is 0.466 e. The predicted molar refractivity (Wildman–Crippen MR) is 110 cm³/mol. The van der Waals surface area contributed by atoms with Gasteiger partial charge >= 0.3 is 23.5 Å². The number of aliphatic hydroxyl groups excluding tert-OH is 3. The molecular weight excluding hydrogens is 575 g/mol. The number of rotatable bonds is 2. The molecule has 1 aliphatic rings. The molecule has 3 rings (SSSR count). The number of hydrogen-bond acceptors (Lipinski definition) is 11. The molecule has 2 aromatic rings. The number of phosphoric acid groups is 3. The van der Waals surface area contributed by atoms with E-state index in [1.54, 1.807) is 0 Å². The lowest BCUT2D eigenvalue weighted by Crippen LogP contribution is -2.41. The molecule has 0 aliphatic carbocycles. The first-order valence-electron chi connectivity index (χ1n) is 8.11. The first kappa shape index (κ1) is 33.8. The molecular formula is C10H21ClN5O16P3. The largest absolute Gasteiger partial charge is 0.466 e. The van der Waals surface area contributed by atoms with Crippen LogP contribution in [-0.4, -0.2) is 104 Å². The van der Waals surface area contributed by atoms with Crippen LogP contribution in [0.15, 0.2) is 12.7 Å². The maximum absolute atomic E-state index is 10.1. The van der Waals surface area contributed by atoms with Crippen molar-refractivity contribution in [1.82, 2.24) is 19.5 Å². The number of nitrogens with zero attached hydrogens (tertiary/aromatic N) is 4. The number of imidazole rings is 1. The molecule has 0 bridgehead atoms. The van der Waals surface area contributed by atoms with Gasteiger partial charge in [0.15, 0.2) is 11.5 Å². The molecule has 1 fully saturated rings. The summed E-state index contributed by atoms with van der Waals surface area (Å²) in [5.74, 6) is 0.153. The molecule has 0 amide bonds. The number of aliphatic hydroxyl groups is 3. The SMILES string of the molecule is Nc1ncnc2c1ncn2[C@]1(Cl)O[C@H](CO)[C@@H](O)[C@H]1O.O=P(O)(O)O.O=P(O)(O)O.O=P(O)(O)O. The minimum absolute atomic E-state index is 0.153. The van der Waals surface area contributed by atoms with Gasteiger partial charge in [-0.1, -0.05) is 11.6 Å². The summed E-state index contributed by atoms with van der Waals surface area (Å²) in [4.78, 5) is 76.5. The Labute approximate surface area is 198 Å². The standard InChI is InChI=1S/C10H12ClN5O4.3H3O4P/c11-10(7(19)6(18)4(1-17)20-10)16-3-15-5-8(12)13-2-14-9(5)16;3*1-5(2,3)4/h2-4,6-7,17-19H,1H2,(H2,12,13,14);3*(H3,1,2,3,4)/t4-,6-,7-,10+;;;/m1.../s1. The van der Waals surface area contributed by atoms with E-state index in [2.05, 4.69) is 15.0 Å². The summed E-state index contributed by atoms with van der Waals surface area (Å²) in [6.07, 6.45) is -1.33. The molecule has 35 heavy (non-hydrogen) atoms. The van der Waals surface area contributed by atoms with Crippen LogP contribution < -0.4 is 5.73 Å². The lowest BCUT2D eigenvalue weighted by Gasteiger charge is -2.26. The number of alkyl halides is 1. The summed E-state index contributed by atoms with van der Waals surface area (Å²) in [5.41, 5.74) is 6.21. The van der Waals surface area contributed by atoms with Gasteiger partial charge < -0.3 is 69.8 Å². The third kappa shape index (κ3) is 13.1. The number of nitrogen functional groups attached to an aromatic ring is 1. The second kappa shape index (κ2) is 12.9. The first-order chi connectivity index (χ1) is 15.5. The Kier molecular flexibility index (Phi) is 12.4. The molecule has 3 heterocycles. The molecule has 204 valence electrons. The molecule has 0 unspecified atom stereocenters. The van der Waals surface area contributed by atoms with Gasteiger partial charge in [-0.05, 0) is 0 Å². The monoisotopic (exact) mass is 595 g/mol. The molecule has 2 aromatic heterocycles.